The minimum Gasteiger partial charge on any atom is -0.376 e. The lowest BCUT2D eigenvalue weighted by atomic mass is 9.42. The Hall–Kier alpha value is -8.34. The lowest BCUT2D eigenvalue weighted by Gasteiger charge is -2.48. The zero-order valence-corrected chi connectivity index (χ0v) is 63.1. The zero-order chi connectivity index (χ0) is 69.7. The molecule has 0 spiro atoms. The van der Waals surface area contributed by atoms with Crippen LogP contribution < -0.4 is 25.5 Å². The Kier molecular flexibility index (Phi) is 14.8. The highest BCUT2D eigenvalue weighted by molar-refractivity contribution is 6.93. The number of nitrogens with zero attached hydrogens (tertiary/aromatic N) is 3. The van der Waals surface area contributed by atoms with Crippen molar-refractivity contribution in [3.63, 3.8) is 0 Å². The van der Waals surface area contributed by atoms with E-state index >= 15 is 0 Å². The van der Waals surface area contributed by atoms with Crippen LogP contribution in [0.4, 0.5) is 45.5 Å². The molecule has 0 radical (unpaired) electrons. The van der Waals surface area contributed by atoms with Gasteiger partial charge in [0.2, 0.25) is 0 Å². The Labute approximate surface area is 588 Å². The number of fused-ring (bicyclic) bond motifs is 10. The third-order valence-corrected chi connectivity index (χ3v) is 24.3. The Bertz CT molecular complexity index is 4830. The standard InChI is InChI=1S/C94H104BN3/c1-57-48-58(2)83(59(3)49-57)61-50-73-72-53-67(96(65-33-28-62(29-34-65)87(4,5)6)66-35-30-63(31-36-66)88(7,8)9)38-43-81(72)98(68-37-40-74-76(54-68)91(15,16)45-44-90(74,13)14)95-79-41-39-69-71-55-77-78(93(19,20)47-46-92(77,17)18)56-75(71)94(21,22)84(69)86(79)97(82(51-61)85(73)95)80-42-32-64(89(10,11)12)52-70(80)60-26-24-23-25-27-60/h23-43,48-56H,44-47H2,1-22H3. The average molecular weight is 1290 g/mol. The molecule has 10 aromatic carbocycles. The van der Waals surface area contributed by atoms with Crippen LogP contribution in [0.2, 0.25) is 0 Å². The van der Waals surface area contributed by atoms with Crippen molar-refractivity contribution >= 4 is 63.3 Å². The second kappa shape index (κ2) is 22.1. The largest absolute Gasteiger partial charge is 0.376 e. The Morgan fingerprint density at radius 3 is 1.47 bits per heavy atom. The van der Waals surface area contributed by atoms with E-state index in [1.54, 1.807) is 0 Å². The monoisotopic (exact) mass is 1290 g/mol. The molecule has 0 aromatic heterocycles. The van der Waals surface area contributed by atoms with Gasteiger partial charge < -0.3 is 14.6 Å². The molecule has 0 fully saturated rings. The highest BCUT2D eigenvalue weighted by atomic mass is 15.2. The summed E-state index contributed by atoms with van der Waals surface area (Å²) in [6.07, 6.45) is 4.62. The SMILES string of the molecule is Cc1cc(C)c(-c2cc3c4c(c2)N(c2ccc(C(C)(C)C)cc2-c2ccccc2)c2c(ccc5c2C(C)(C)c2cc6c(cc2-5)C(C)(C)CCC6(C)C)B4N(c2ccc4c(c2)C(C)(C)CCC4(C)C)c2ccc(N(c4ccc(C(C)(C)C)cc4)c4ccc(C(C)(C)C)cc4)cc2-3)c(C)c1. The molecule has 0 N–H and O–H groups in total. The molecule has 0 amide bonds. The van der Waals surface area contributed by atoms with Crippen LogP contribution in [0.15, 0.2) is 182 Å². The summed E-state index contributed by atoms with van der Waals surface area (Å²) in [5, 5.41) is 0. The van der Waals surface area contributed by atoms with Gasteiger partial charge in [0.25, 0.3) is 0 Å². The average Bonchev–Trinajstić information content (AvgIpc) is 1.29. The number of hydrogen-bond acceptors (Lipinski definition) is 3. The van der Waals surface area contributed by atoms with E-state index in [0.29, 0.717) is 0 Å². The molecular weight excluding hydrogens is 1180 g/mol. The Morgan fingerprint density at radius 1 is 0.378 bits per heavy atom. The van der Waals surface area contributed by atoms with Crippen LogP contribution in [0.3, 0.4) is 0 Å². The van der Waals surface area contributed by atoms with Gasteiger partial charge in [0, 0.05) is 56.4 Å². The first-order valence-electron chi connectivity index (χ1n) is 36.7. The molecule has 98 heavy (non-hydrogen) atoms. The summed E-state index contributed by atoms with van der Waals surface area (Å²) in [6.45, 7) is 52.7. The van der Waals surface area contributed by atoms with Crippen molar-refractivity contribution in [1.29, 1.82) is 0 Å². The van der Waals surface area contributed by atoms with Crippen molar-refractivity contribution in [2.75, 3.05) is 14.6 Å². The maximum atomic E-state index is 2.81. The van der Waals surface area contributed by atoms with E-state index < -0.39 is 5.41 Å². The van der Waals surface area contributed by atoms with Crippen LogP contribution in [0, 0.1) is 20.8 Å². The molecule has 5 aliphatic rings. The highest BCUT2D eigenvalue weighted by Gasteiger charge is 2.52. The number of anilines is 8. The second-order valence-corrected chi connectivity index (χ2v) is 36.6. The maximum absolute atomic E-state index is 2.81. The van der Waals surface area contributed by atoms with E-state index in [1.165, 1.54) is 163 Å². The molecule has 498 valence electrons. The van der Waals surface area contributed by atoms with Gasteiger partial charge in [0.1, 0.15) is 0 Å². The van der Waals surface area contributed by atoms with Crippen LogP contribution in [0.25, 0.3) is 44.5 Å². The molecule has 2 heterocycles. The normalized spacial score (nSPS) is 17.3. The van der Waals surface area contributed by atoms with Crippen molar-refractivity contribution in [2.24, 2.45) is 0 Å². The molecule has 10 aromatic rings. The van der Waals surface area contributed by atoms with Gasteiger partial charge in [-0.25, -0.2) is 0 Å². The molecule has 15 rings (SSSR count). The molecule has 4 heteroatoms. The Balaban J connectivity index is 1.11. The molecule has 2 aliphatic heterocycles. The van der Waals surface area contributed by atoms with Gasteiger partial charge in [-0.2, -0.15) is 0 Å². The van der Waals surface area contributed by atoms with Crippen LogP contribution in [0.5, 0.6) is 0 Å². The molecule has 3 aliphatic carbocycles. The third-order valence-electron chi connectivity index (χ3n) is 24.3. The minimum absolute atomic E-state index is 0.000119. The van der Waals surface area contributed by atoms with Crippen molar-refractivity contribution in [3.8, 4) is 44.5 Å². The van der Waals surface area contributed by atoms with Gasteiger partial charge in [-0.3, -0.25) is 0 Å². The summed E-state index contributed by atoms with van der Waals surface area (Å²) >= 11 is 0. The smallest absolute Gasteiger partial charge is 0.333 e. The van der Waals surface area contributed by atoms with Crippen molar-refractivity contribution in [3.05, 3.63) is 249 Å². The summed E-state index contributed by atoms with van der Waals surface area (Å²) in [7, 11) is 0. The first kappa shape index (κ1) is 65.6. The highest BCUT2D eigenvalue weighted by Crippen LogP contribution is 2.61. The van der Waals surface area contributed by atoms with Crippen molar-refractivity contribution in [1.82, 2.24) is 0 Å². The van der Waals surface area contributed by atoms with Crippen LogP contribution in [0.1, 0.15) is 224 Å². The number of hydrogen-bond donors (Lipinski definition) is 0. The summed E-state index contributed by atoms with van der Waals surface area (Å²) in [5.41, 5.74) is 38.6. The Morgan fingerprint density at radius 2 is 0.898 bits per heavy atom. The van der Waals surface area contributed by atoms with E-state index in [0.717, 1.165) is 29.9 Å². The quantitative estimate of drug-likeness (QED) is 0.147. The predicted molar refractivity (Wildman–Crippen MR) is 424 cm³/mol. The van der Waals surface area contributed by atoms with E-state index in [2.05, 4.69) is 349 Å². The summed E-state index contributed by atoms with van der Waals surface area (Å²) < 4.78 is 0. The number of rotatable bonds is 7. The number of aryl methyl sites for hydroxylation is 3. The molecule has 0 saturated carbocycles. The molecular formula is C94H104BN3. The molecule has 0 atom stereocenters. The van der Waals surface area contributed by atoms with Crippen LogP contribution in [-0.2, 0) is 43.3 Å². The minimum atomic E-state index is -0.394. The predicted octanol–water partition coefficient (Wildman–Crippen LogP) is 25.0. The van der Waals surface area contributed by atoms with E-state index in [1.807, 2.05) is 0 Å². The fourth-order valence-corrected chi connectivity index (χ4v) is 18.3. The molecule has 3 nitrogen and oxygen atoms in total. The van der Waals surface area contributed by atoms with Crippen LogP contribution >= 0.6 is 0 Å². The lowest BCUT2D eigenvalue weighted by molar-refractivity contribution is 0.331. The topological polar surface area (TPSA) is 9.72 Å². The third kappa shape index (κ3) is 10.4. The second-order valence-electron chi connectivity index (χ2n) is 36.6. The van der Waals surface area contributed by atoms with Gasteiger partial charge in [0.05, 0.1) is 5.69 Å². The summed E-state index contributed by atoms with van der Waals surface area (Å²) in [5.74, 6) is 0. The lowest BCUT2D eigenvalue weighted by Crippen LogP contribution is -2.62. The maximum Gasteiger partial charge on any atom is 0.333 e. The molecule has 0 unspecified atom stereocenters. The zero-order valence-electron chi connectivity index (χ0n) is 63.1. The van der Waals surface area contributed by atoms with Gasteiger partial charge >= 0.3 is 6.85 Å². The number of benzene rings is 10. The van der Waals surface area contributed by atoms with Gasteiger partial charge in [0.15, 0.2) is 0 Å². The molecule has 0 saturated heterocycles. The first-order valence-corrected chi connectivity index (χ1v) is 36.7. The van der Waals surface area contributed by atoms with Crippen molar-refractivity contribution in [2.45, 2.75) is 221 Å². The van der Waals surface area contributed by atoms with E-state index in [4.69, 9.17) is 0 Å². The fourth-order valence-electron chi connectivity index (χ4n) is 18.3. The summed E-state index contributed by atoms with van der Waals surface area (Å²) in [4.78, 5) is 8.14. The fraction of sp³-hybridized carbons (Fsp3) is 0.362. The van der Waals surface area contributed by atoms with Crippen LogP contribution in [-0.4, -0.2) is 6.85 Å². The summed E-state index contributed by atoms with van der Waals surface area (Å²) in [6, 6.07) is 73.3. The van der Waals surface area contributed by atoms with Crippen molar-refractivity contribution < 1.29 is 0 Å². The molecule has 0 bridgehead atoms. The van der Waals surface area contributed by atoms with Gasteiger partial charge in [-0.15, -0.1) is 0 Å². The van der Waals surface area contributed by atoms with Gasteiger partial charge in [-0.1, -0.05) is 234 Å². The first-order chi connectivity index (χ1) is 45.9. The van der Waals surface area contributed by atoms with E-state index in [9.17, 15) is 0 Å². The van der Waals surface area contributed by atoms with Gasteiger partial charge in [-0.05, 0) is 275 Å². The van der Waals surface area contributed by atoms with E-state index in [-0.39, 0.29) is 44.8 Å².